The second kappa shape index (κ2) is 7.92. The first kappa shape index (κ1) is 16.5. The molecule has 1 aromatic carbocycles. The van der Waals surface area contributed by atoms with Crippen LogP contribution in [-0.2, 0) is 16.0 Å². The summed E-state index contributed by atoms with van der Waals surface area (Å²) >= 11 is 0. The first-order chi connectivity index (χ1) is 10.6. The molecule has 1 saturated heterocycles. The Labute approximate surface area is 130 Å². The summed E-state index contributed by atoms with van der Waals surface area (Å²) in [4.78, 5) is 25.6. The van der Waals surface area contributed by atoms with E-state index in [1.807, 2.05) is 11.8 Å². The summed E-state index contributed by atoms with van der Waals surface area (Å²) in [6, 6.07) is 6.21. The average molecular weight is 306 g/mol. The van der Waals surface area contributed by atoms with Crippen LogP contribution in [0, 0.1) is 5.82 Å². The molecule has 0 aliphatic carbocycles. The zero-order valence-electron chi connectivity index (χ0n) is 13.0. The molecule has 2 rings (SSSR count). The van der Waals surface area contributed by atoms with E-state index in [4.69, 9.17) is 0 Å². The first-order valence-electron chi connectivity index (χ1n) is 7.90. The van der Waals surface area contributed by atoms with Gasteiger partial charge in [-0.05, 0) is 37.0 Å². The van der Waals surface area contributed by atoms with Crippen molar-refractivity contribution in [1.82, 2.24) is 10.2 Å². The van der Waals surface area contributed by atoms with Crippen molar-refractivity contribution in [2.45, 2.75) is 45.1 Å². The normalized spacial score (nSPS) is 15.6. The van der Waals surface area contributed by atoms with Gasteiger partial charge in [-0.15, -0.1) is 0 Å². The van der Waals surface area contributed by atoms with Crippen LogP contribution in [0.4, 0.5) is 4.39 Å². The Morgan fingerprint density at radius 1 is 1.23 bits per heavy atom. The number of likely N-dealkylation sites (tertiary alicyclic amines) is 1. The molecule has 0 bridgehead atoms. The van der Waals surface area contributed by atoms with Crippen LogP contribution < -0.4 is 5.32 Å². The lowest BCUT2D eigenvalue weighted by Crippen LogP contribution is -2.46. The van der Waals surface area contributed by atoms with Crippen molar-refractivity contribution in [3.05, 3.63) is 35.6 Å². The highest BCUT2D eigenvalue weighted by Crippen LogP contribution is 2.13. The highest BCUT2D eigenvalue weighted by Gasteiger charge is 2.23. The number of piperidine rings is 1. The molecule has 4 nitrogen and oxygen atoms in total. The number of carbonyl (C=O) groups is 2. The molecule has 0 saturated carbocycles. The van der Waals surface area contributed by atoms with E-state index < -0.39 is 0 Å². The van der Waals surface area contributed by atoms with Gasteiger partial charge in [0, 0.05) is 25.6 Å². The number of amides is 2. The molecule has 0 spiro atoms. The molecule has 5 heteroatoms. The van der Waals surface area contributed by atoms with Crippen molar-refractivity contribution in [3.8, 4) is 0 Å². The molecule has 0 radical (unpaired) electrons. The second-order valence-electron chi connectivity index (χ2n) is 5.78. The lowest BCUT2D eigenvalue weighted by molar-refractivity contribution is -0.131. The quantitative estimate of drug-likeness (QED) is 0.907. The van der Waals surface area contributed by atoms with E-state index >= 15 is 0 Å². The Bertz CT molecular complexity index is 508. The van der Waals surface area contributed by atoms with Gasteiger partial charge < -0.3 is 10.2 Å². The zero-order chi connectivity index (χ0) is 15.9. The standard InChI is InChI=1S/C17H23FN2O2/c1-2-3-16(21)19-15-8-10-20(11-9-15)17(22)12-13-4-6-14(18)7-5-13/h4-7,15H,2-3,8-12H2,1H3,(H,19,21). The predicted octanol–water partition coefficient (Wildman–Crippen LogP) is 2.28. The second-order valence-corrected chi connectivity index (χ2v) is 5.78. The number of hydrogen-bond donors (Lipinski definition) is 1. The van der Waals surface area contributed by atoms with Crippen molar-refractivity contribution >= 4 is 11.8 Å². The molecule has 1 heterocycles. The fourth-order valence-electron chi connectivity index (χ4n) is 2.69. The van der Waals surface area contributed by atoms with Gasteiger partial charge in [0.25, 0.3) is 0 Å². The minimum atomic E-state index is -0.292. The highest BCUT2D eigenvalue weighted by molar-refractivity contribution is 5.79. The van der Waals surface area contributed by atoms with E-state index in [0.717, 1.165) is 24.8 Å². The summed E-state index contributed by atoms with van der Waals surface area (Å²) in [6.07, 6.45) is 3.30. The number of halogens is 1. The van der Waals surface area contributed by atoms with E-state index in [2.05, 4.69) is 5.32 Å². The predicted molar refractivity (Wildman–Crippen MR) is 82.8 cm³/mol. The summed E-state index contributed by atoms with van der Waals surface area (Å²) in [7, 11) is 0. The SMILES string of the molecule is CCCC(=O)NC1CCN(C(=O)Cc2ccc(F)cc2)CC1. The molecule has 1 N–H and O–H groups in total. The summed E-state index contributed by atoms with van der Waals surface area (Å²) < 4.78 is 12.9. The summed E-state index contributed by atoms with van der Waals surface area (Å²) in [5.41, 5.74) is 0.824. The largest absolute Gasteiger partial charge is 0.353 e. The Hall–Kier alpha value is -1.91. The van der Waals surface area contributed by atoms with Crippen LogP contribution in [0.1, 0.15) is 38.2 Å². The smallest absolute Gasteiger partial charge is 0.226 e. The average Bonchev–Trinajstić information content (AvgIpc) is 2.50. The molecule has 120 valence electrons. The van der Waals surface area contributed by atoms with E-state index in [1.54, 1.807) is 12.1 Å². The van der Waals surface area contributed by atoms with E-state index in [0.29, 0.717) is 25.9 Å². The zero-order valence-corrected chi connectivity index (χ0v) is 13.0. The number of benzene rings is 1. The topological polar surface area (TPSA) is 49.4 Å². The van der Waals surface area contributed by atoms with Crippen LogP contribution in [-0.4, -0.2) is 35.8 Å². The highest BCUT2D eigenvalue weighted by atomic mass is 19.1. The Kier molecular flexibility index (Phi) is 5.92. The molecule has 0 aromatic heterocycles. The van der Waals surface area contributed by atoms with Crippen molar-refractivity contribution in [2.24, 2.45) is 0 Å². The van der Waals surface area contributed by atoms with E-state index in [9.17, 15) is 14.0 Å². The Morgan fingerprint density at radius 3 is 2.45 bits per heavy atom. The molecular formula is C17H23FN2O2. The van der Waals surface area contributed by atoms with Crippen LogP contribution in [0.2, 0.25) is 0 Å². The lowest BCUT2D eigenvalue weighted by Gasteiger charge is -2.32. The molecule has 0 unspecified atom stereocenters. The van der Waals surface area contributed by atoms with E-state index in [1.165, 1.54) is 12.1 Å². The van der Waals surface area contributed by atoms with Crippen molar-refractivity contribution < 1.29 is 14.0 Å². The summed E-state index contributed by atoms with van der Waals surface area (Å²) in [5, 5.41) is 3.02. The van der Waals surface area contributed by atoms with Crippen molar-refractivity contribution in [2.75, 3.05) is 13.1 Å². The van der Waals surface area contributed by atoms with Gasteiger partial charge in [-0.3, -0.25) is 9.59 Å². The van der Waals surface area contributed by atoms with Gasteiger partial charge in [-0.25, -0.2) is 4.39 Å². The van der Waals surface area contributed by atoms with Crippen molar-refractivity contribution in [3.63, 3.8) is 0 Å². The molecular weight excluding hydrogens is 283 g/mol. The van der Waals surface area contributed by atoms with E-state index in [-0.39, 0.29) is 23.7 Å². The van der Waals surface area contributed by atoms with Crippen molar-refractivity contribution in [1.29, 1.82) is 0 Å². The number of nitrogens with one attached hydrogen (secondary N) is 1. The lowest BCUT2D eigenvalue weighted by atomic mass is 10.0. The molecule has 22 heavy (non-hydrogen) atoms. The fourth-order valence-corrected chi connectivity index (χ4v) is 2.69. The van der Waals surface area contributed by atoms with Crippen LogP contribution in [0.25, 0.3) is 0 Å². The third kappa shape index (κ3) is 4.83. The summed E-state index contributed by atoms with van der Waals surface area (Å²) in [5.74, 6) is -0.136. The van der Waals surface area contributed by atoms with Crippen LogP contribution in [0.5, 0.6) is 0 Å². The summed E-state index contributed by atoms with van der Waals surface area (Å²) in [6.45, 7) is 3.31. The first-order valence-corrected chi connectivity index (χ1v) is 7.90. The molecule has 2 amide bonds. The third-order valence-corrected chi connectivity index (χ3v) is 3.96. The van der Waals surface area contributed by atoms with Crippen LogP contribution >= 0.6 is 0 Å². The molecule has 0 atom stereocenters. The van der Waals surface area contributed by atoms with Gasteiger partial charge in [-0.2, -0.15) is 0 Å². The maximum absolute atomic E-state index is 12.9. The number of hydrogen-bond acceptors (Lipinski definition) is 2. The Balaban J connectivity index is 1.77. The third-order valence-electron chi connectivity index (χ3n) is 3.96. The van der Waals surface area contributed by atoms with Gasteiger partial charge in [0.15, 0.2) is 0 Å². The Morgan fingerprint density at radius 2 is 1.86 bits per heavy atom. The van der Waals surface area contributed by atoms with Gasteiger partial charge in [-0.1, -0.05) is 19.1 Å². The van der Waals surface area contributed by atoms with Crippen LogP contribution in [0.15, 0.2) is 24.3 Å². The maximum Gasteiger partial charge on any atom is 0.226 e. The van der Waals surface area contributed by atoms with Crippen LogP contribution in [0.3, 0.4) is 0 Å². The van der Waals surface area contributed by atoms with Gasteiger partial charge in [0.1, 0.15) is 5.82 Å². The van der Waals surface area contributed by atoms with Gasteiger partial charge in [0.2, 0.25) is 11.8 Å². The minimum absolute atomic E-state index is 0.0601. The maximum atomic E-state index is 12.9. The minimum Gasteiger partial charge on any atom is -0.353 e. The number of carbonyl (C=O) groups excluding carboxylic acids is 2. The monoisotopic (exact) mass is 306 g/mol. The number of rotatable bonds is 5. The molecule has 1 fully saturated rings. The fraction of sp³-hybridized carbons (Fsp3) is 0.529. The van der Waals surface area contributed by atoms with Gasteiger partial charge in [0.05, 0.1) is 6.42 Å². The molecule has 1 aliphatic heterocycles. The van der Waals surface area contributed by atoms with Gasteiger partial charge >= 0.3 is 0 Å². The number of nitrogens with zero attached hydrogens (tertiary/aromatic N) is 1. The molecule has 1 aliphatic rings. The molecule has 1 aromatic rings.